The zero-order chi connectivity index (χ0) is 18.2. The van der Waals surface area contributed by atoms with Crippen molar-refractivity contribution in [2.45, 2.75) is 32.2 Å². The van der Waals surface area contributed by atoms with Crippen molar-refractivity contribution in [1.82, 2.24) is 5.32 Å². The van der Waals surface area contributed by atoms with E-state index in [9.17, 15) is 9.59 Å². The predicted octanol–water partition coefficient (Wildman–Crippen LogP) is 3.10. The predicted molar refractivity (Wildman–Crippen MR) is 100 cm³/mol. The van der Waals surface area contributed by atoms with Gasteiger partial charge in [0.1, 0.15) is 4.88 Å². The summed E-state index contributed by atoms with van der Waals surface area (Å²) in [7, 11) is 0. The molecule has 1 aromatic carbocycles. The maximum atomic E-state index is 11.7. The van der Waals surface area contributed by atoms with E-state index < -0.39 is 5.97 Å². The van der Waals surface area contributed by atoms with E-state index >= 15 is 0 Å². The number of carboxylic acid groups (broad SMARTS) is 1. The molecule has 2 aromatic rings. The monoisotopic (exact) mass is 361 g/mol. The molecule has 0 aliphatic heterocycles. The Kier molecular flexibility index (Phi) is 6.82. The van der Waals surface area contributed by atoms with Gasteiger partial charge in [-0.1, -0.05) is 25.0 Å². The molecule has 0 saturated heterocycles. The summed E-state index contributed by atoms with van der Waals surface area (Å²) in [5.41, 5.74) is 12.1. The largest absolute Gasteiger partial charge is 0.477 e. The molecule has 3 rings (SSSR count). The second-order valence-electron chi connectivity index (χ2n) is 5.90. The van der Waals surface area contributed by atoms with Gasteiger partial charge in [0.2, 0.25) is 5.91 Å². The van der Waals surface area contributed by atoms with Crippen molar-refractivity contribution in [2.75, 3.05) is 11.5 Å². The Bertz CT molecular complexity index is 703. The molecule has 1 aliphatic carbocycles. The topological polar surface area (TPSA) is 118 Å². The average molecular weight is 361 g/mol. The highest BCUT2D eigenvalue weighted by Crippen LogP contribution is 2.25. The summed E-state index contributed by atoms with van der Waals surface area (Å²) in [5.74, 6) is -0.648. The van der Waals surface area contributed by atoms with E-state index in [1.807, 2.05) is 12.1 Å². The highest BCUT2D eigenvalue weighted by Gasteiger charge is 2.22. The van der Waals surface area contributed by atoms with Crippen LogP contribution in [0.5, 0.6) is 0 Å². The lowest BCUT2D eigenvalue weighted by Crippen LogP contribution is -2.28. The molecule has 0 unspecified atom stereocenters. The van der Waals surface area contributed by atoms with E-state index in [1.54, 1.807) is 24.3 Å². The van der Waals surface area contributed by atoms with Crippen LogP contribution in [0.1, 0.15) is 40.2 Å². The number of amides is 1. The second-order valence-corrected chi connectivity index (χ2v) is 7.07. The van der Waals surface area contributed by atoms with Crippen LogP contribution in [0.4, 0.5) is 11.4 Å². The van der Waals surface area contributed by atoms with Crippen LogP contribution in [0, 0.1) is 5.92 Å². The first-order valence-electron chi connectivity index (χ1n) is 8.17. The van der Waals surface area contributed by atoms with Crippen molar-refractivity contribution in [3.63, 3.8) is 0 Å². The van der Waals surface area contributed by atoms with E-state index in [-0.39, 0.29) is 11.8 Å². The number of carbonyl (C=O) groups excluding carboxylic acids is 1. The van der Waals surface area contributed by atoms with E-state index in [0.29, 0.717) is 22.8 Å². The number of rotatable bonds is 4. The number of anilines is 2. The number of hydrogen-bond acceptors (Lipinski definition) is 5. The molecule has 1 saturated carbocycles. The maximum Gasteiger partial charge on any atom is 0.345 e. The Hall–Kier alpha value is -2.54. The van der Waals surface area contributed by atoms with Crippen LogP contribution < -0.4 is 16.8 Å². The first-order valence-corrected chi connectivity index (χ1v) is 8.98. The lowest BCUT2D eigenvalue weighted by Gasteiger charge is -2.08. The molecule has 1 aromatic heterocycles. The molecule has 7 heteroatoms. The van der Waals surface area contributed by atoms with Gasteiger partial charge < -0.3 is 21.9 Å². The number of nitrogen functional groups attached to an aromatic ring is 2. The average Bonchev–Trinajstić information content (AvgIpc) is 3.27. The summed E-state index contributed by atoms with van der Waals surface area (Å²) >= 11 is 1.21. The molecular weight excluding hydrogens is 338 g/mol. The molecule has 0 atom stereocenters. The van der Waals surface area contributed by atoms with Crippen LogP contribution in [0.3, 0.4) is 0 Å². The van der Waals surface area contributed by atoms with Crippen molar-refractivity contribution in [1.29, 1.82) is 0 Å². The third kappa shape index (κ3) is 5.79. The zero-order valence-corrected chi connectivity index (χ0v) is 14.7. The van der Waals surface area contributed by atoms with Crippen molar-refractivity contribution in [3.05, 3.63) is 46.2 Å². The van der Waals surface area contributed by atoms with Gasteiger partial charge >= 0.3 is 5.97 Å². The number of aromatic carboxylic acids is 1. The molecule has 134 valence electrons. The van der Waals surface area contributed by atoms with Crippen LogP contribution in [0.2, 0.25) is 0 Å². The highest BCUT2D eigenvalue weighted by atomic mass is 32.1. The lowest BCUT2D eigenvalue weighted by atomic mass is 10.1. The fourth-order valence-corrected chi connectivity index (χ4v) is 3.39. The summed E-state index contributed by atoms with van der Waals surface area (Å²) in [5, 5.41) is 11.6. The number of carbonyl (C=O) groups is 2. The molecular formula is C18H23N3O3S. The molecule has 0 bridgehead atoms. The van der Waals surface area contributed by atoms with Gasteiger partial charge in [-0.3, -0.25) is 4.79 Å². The molecule has 6 nitrogen and oxygen atoms in total. The van der Waals surface area contributed by atoms with Crippen molar-refractivity contribution < 1.29 is 14.7 Å². The number of nitrogens with two attached hydrogens (primary N) is 2. The number of thiophene rings is 1. The minimum absolute atomic E-state index is 0.104. The molecule has 1 aliphatic rings. The van der Waals surface area contributed by atoms with E-state index in [4.69, 9.17) is 16.6 Å². The normalized spacial score (nSPS) is 13.8. The van der Waals surface area contributed by atoms with Crippen LogP contribution >= 0.6 is 11.3 Å². The smallest absolute Gasteiger partial charge is 0.345 e. The number of nitrogens with one attached hydrogen (secondary N) is 1. The van der Waals surface area contributed by atoms with Crippen molar-refractivity contribution in [2.24, 2.45) is 5.92 Å². The third-order valence-electron chi connectivity index (χ3n) is 4.03. The summed E-state index contributed by atoms with van der Waals surface area (Å²) in [6.45, 7) is 0.438. The van der Waals surface area contributed by atoms with Crippen molar-refractivity contribution >= 4 is 34.6 Å². The van der Waals surface area contributed by atoms with Gasteiger partial charge in [-0.15, -0.1) is 11.3 Å². The van der Waals surface area contributed by atoms with Gasteiger partial charge in [0.25, 0.3) is 0 Å². The first-order chi connectivity index (χ1) is 12.0. The molecule has 1 fully saturated rings. The minimum Gasteiger partial charge on any atom is -0.477 e. The van der Waals surface area contributed by atoms with E-state index in [1.165, 1.54) is 11.3 Å². The van der Waals surface area contributed by atoms with Gasteiger partial charge in [0, 0.05) is 10.8 Å². The number of carboxylic acids is 1. The second kappa shape index (κ2) is 9.08. The van der Waals surface area contributed by atoms with Crippen LogP contribution in [-0.2, 0) is 11.3 Å². The van der Waals surface area contributed by atoms with Gasteiger partial charge in [0.05, 0.1) is 17.9 Å². The quantitative estimate of drug-likeness (QED) is 0.624. The van der Waals surface area contributed by atoms with Gasteiger partial charge in [-0.25, -0.2) is 4.79 Å². The van der Waals surface area contributed by atoms with Crippen molar-refractivity contribution in [3.8, 4) is 0 Å². The summed E-state index contributed by atoms with van der Waals surface area (Å²) in [4.78, 5) is 23.6. The van der Waals surface area contributed by atoms with Gasteiger partial charge in [-0.2, -0.15) is 0 Å². The summed E-state index contributed by atoms with van der Waals surface area (Å²) in [6.07, 6.45) is 4.24. The van der Waals surface area contributed by atoms with E-state index in [2.05, 4.69) is 5.32 Å². The summed E-state index contributed by atoms with van der Waals surface area (Å²) < 4.78 is 0. The number of para-hydroxylation sites is 2. The third-order valence-corrected chi connectivity index (χ3v) is 5.10. The van der Waals surface area contributed by atoms with Gasteiger partial charge in [0.15, 0.2) is 0 Å². The Balaban J connectivity index is 0.000000236. The molecule has 0 radical (unpaired) electrons. The molecule has 1 heterocycles. The van der Waals surface area contributed by atoms with Crippen LogP contribution in [0.15, 0.2) is 36.4 Å². The summed E-state index contributed by atoms with van der Waals surface area (Å²) in [6, 6.07) is 10.6. The SMILES string of the molecule is Nc1ccccc1N.O=C(O)c1ccc(CNC(=O)C2CCCC2)s1. The fraction of sp³-hybridized carbons (Fsp3) is 0.333. The fourth-order valence-electron chi connectivity index (χ4n) is 2.61. The zero-order valence-electron chi connectivity index (χ0n) is 13.9. The Morgan fingerprint density at radius 3 is 2.16 bits per heavy atom. The highest BCUT2D eigenvalue weighted by molar-refractivity contribution is 7.13. The number of hydrogen-bond donors (Lipinski definition) is 4. The lowest BCUT2D eigenvalue weighted by molar-refractivity contribution is -0.124. The molecule has 1 amide bonds. The Morgan fingerprint density at radius 1 is 1.08 bits per heavy atom. The van der Waals surface area contributed by atoms with E-state index in [0.717, 1.165) is 30.6 Å². The molecule has 25 heavy (non-hydrogen) atoms. The molecule has 6 N–H and O–H groups in total. The minimum atomic E-state index is -0.914. The first kappa shape index (κ1) is 18.8. The van der Waals surface area contributed by atoms with Crippen LogP contribution in [-0.4, -0.2) is 17.0 Å². The maximum absolute atomic E-state index is 11.7. The molecule has 0 spiro atoms. The Labute approximate surface area is 150 Å². The van der Waals surface area contributed by atoms with Gasteiger partial charge in [-0.05, 0) is 37.1 Å². The Morgan fingerprint density at radius 2 is 1.68 bits per heavy atom. The van der Waals surface area contributed by atoms with Crippen LogP contribution in [0.25, 0.3) is 0 Å². The number of benzene rings is 1. The standard InChI is InChI=1S/C12H15NO3S.C6H8N2/c14-11(8-3-1-2-4-8)13-7-9-5-6-10(17-9)12(15)16;7-5-3-1-2-4-6(5)8/h5-6,8H,1-4,7H2,(H,13,14)(H,15,16);1-4H,7-8H2.